The van der Waals surface area contributed by atoms with Crippen molar-refractivity contribution in [3.63, 3.8) is 0 Å². The molecule has 1 aromatic heterocycles. The first-order valence-corrected chi connectivity index (χ1v) is 6.15. The second-order valence-corrected chi connectivity index (χ2v) is 4.41. The number of carbonyl (C=O) groups is 1. The Hall–Kier alpha value is -0.630. The molecule has 1 aliphatic heterocycles. The third-order valence-corrected chi connectivity index (χ3v) is 3.10. The molecule has 5 nitrogen and oxygen atoms in total. The van der Waals surface area contributed by atoms with E-state index < -0.39 is 0 Å². The molecule has 0 bridgehead atoms. The first-order valence-electron chi connectivity index (χ1n) is 6.15. The zero-order valence-corrected chi connectivity index (χ0v) is 13.0. The third-order valence-electron chi connectivity index (χ3n) is 3.10. The highest BCUT2D eigenvalue weighted by molar-refractivity contribution is 5.76. The van der Waals surface area contributed by atoms with Gasteiger partial charge in [0.2, 0.25) is 0 Å². The van der Waals surface area contributed by atoms with Crippen molar-refractivity contribution in [2.75, 3.05) is 19.7 Å². The summed E-state index contributed by atoms with van der Waals surface area (Å²) in [5.41, 5.74) is 0. The Morgan fingerprint density at radius 1 is 1.44 bits per heavy atom. The zero-order chi connectivity index (χ0) is 12.3. The van der Waals surface area contributed by atoms with Crippen LogP contribution in [0.25, 0.3) is 0 Å². The average molecular weight is 365 g/mol. The van der Waals surface area contributed by atoms with Gasteiger partial charge < -0.3 is 33.6 Å². The lowest BCUT2D eigenvalue weighted by molar-refractivity contribution is -0.670. The molecule has 6 heteroatoms. The average Bonchev–Trinajstić information content (AvgIpc) is 2.76. The quantitative estimate of drug-likeness (QED) is 0.440. The predicted molar refractivity (Wildman–Crippen MR) is 62.6 cm³/mol. The minimum Gasteiger partial charge on any atom is -1.00 e. The van der Waals surface area contributed by atoms with Crippen LogP contribution in [0.1, 0.15) is 19.8 Å². The van der Waals surface area contributed by atoms with Gasteiger partial charge in [0.25, 0.3) is 6.33 Å². The van der Waals surface area contributed by atoms with E-state index in [2.05, 4.69) is 0 Å². The van der Waals surface area contributed by atoms with Gasteiger partial charge in [-0.05, 0) is 19.8 Å². The lowest BCUT2D eigenvalue weighted by Gasteiger charge is -2.29. The van der Waals surface area contributed by atoms with Crippen LogP contribution in [0, 0.1) is 0 Å². The van der Waals surface area contributed by atoms with Gasteiger partial charge in [-0.1, -0.05) is 0 Å². The molecule has 1 fully saturated rings. The van der Waals surface area contributed by atoms with Crippen LogP contribution in [-0.4, -0.2) is 41.3 Å². The van der Waals surface area contributed by atoms with Crippen LogP contribution in [-0.2, 0) is 11.8 Å². The van der Waals surface area contributed by atoms with Crippen molar-refractivity contribution < 1.29 is 38.1 Å². The molecule has 1 amide bonds. The fourth-order valence-corrected chi connectivity index (χ4v) is 2.18. The van der Waals surface area contributed by atoms with Crippen LogP contribution in [0.3, 0.4) is 0 Å². The fraction of sp³-hybridized carbons (Fsp3) is 0.667. The Bertz CT molecular complexity index is 386. The van der Waals surface area contributed by atoms with E-state index in [1.807, 2.05) is 29.6 Å². The summed E-state index contributed by atoms with van der Waals surface area (Å²) in [6.07, 6.45) is 7.64. The number of rotatable bonds is 2. The number of nitrogens with zero attached hydrogens (tertiary/aromatic N) is 3. The summed E-state index contributed by atoms with van der Waals surface area (Å²) in [5.74, 6) is 0. The number of likely N-dealkylation sites (tertiary alicyclic amines) is 1. The molecule has 0 N–H and O–H groups in total. The summed E-state index contributed by atoms with van der Waals surface area (Å²) >= 11 is 0. The van der Waals surface area contributed by atoms with Crippen LogP contribution in [0.2, 0.25) is 0 Å². The van der Waals surface area contributed by atoms with Crippen molar-refractivity contribution in [2.24, 2.45) is 7.05 Å². The van der Waals surface area contributed by atoms with Crippen LogP contribution in [0.4, 0.5) is 4.79 Å². The van der Waals surface area contributed by atoms with Crippen LogP contribution in [0.15, 0.2) is 18.7 Å². The molecule has 0 aliphatic carbocycles. The Morgan fingerprint density at radius 2 is 2.11 bits per heavy atom. The van der Waals surface area contributed by atoms with Gasteiger partial charge >= 0.3 is 6.03 Å². The van der Waals surface area contributed by atoms with Gasteiger partial charge in [0.1, 0.15) is 12.4 Å². The number of imidazole rings is 1. The standard InChI is InChI=1S/C12H20N3O2.HI/c1-3-17-11-4-6-14(7-5-11)12(16)15-9-8-13(2)10-15;/h8-11H,3-7H2,1-2H3;1H/q+1;/p-1. The molecular weight excluding hydrogens is 345 g/mol. The molecule has 102 valence electrons. The Kier molecular flexibility index (Phi) is 6.07. The van der Waals surface area contributed by atoms with E-state index >= 15 is 0 Å². The summed E-state index contributed by atoms with van der Waals surface area (Å²) in [7, 11) is 1.91. The number of amides is 1. The van der Waals surface area contributed by atoms with E-state index in [0.29, 0.717) is 6.10 Å². The number of halogens is 1. The lowest BCUT2D eigenvalue weighted by Crippen LogP contribution is -3.00. The second kappa shape index (κ2) is 7.08. The molecule has 18 heavy (non-hydrogen) atoms. The van der Waals surface area contributed by atoms with Gasteiger partial charge in [-0.15, -0.1) is 0 Å². The highest BCUT2D eigenvalue weighted by atomic mass is 127. The molecular formula is C12H20IN3O2. The largest absolute Gasteiger partial charge is 1.00 e. The first-order chi connectivity index (χ1) is 8.20. The highest BCUT2D eigenvalue weighted by Crippen LogP contribution is 2.14. The molecule has 1 aromatic rings. The molecule has 0 radical (unpaired) electrons. The molecule has 0 atom stereocenters. The topological polar surface area (TPSA) is 38.4 Å². The second-order valence-electron chi connectivity index (χ2n) is 4.41. The molecule has 1 aliphatic rings. The number of carbonyl (C=O) groups excluding carboxylic acids is 1. The van der Waals surface area contributed by atoms with Gasteiger partial charge in [0, 0.05) is 19.7 Å². The van der Waals surface area contributed by atoms with Crippen molar-refractivity contribution in [1.29, 1.82) is 0 Å². The van der Waals surface area contributed by atoms with Crippen LogP contribution >= 0.6 is 0 Å². The zero-order valence-electron chi connectivity index (χ0n) is 10.9. The molecule has 0 saturated carbocycles. The van der Waals surface area contributed by atoms with E-state index in [4.69, 9.17) is 4.74 Å². The molecule has 2 heterocycles. The van der Waals surface area contributed by atoms with E-state index in [0.717, 1.165) is 32.5 Å². The summed E-state index contributed by atoms with van der Waals surface area (Å²) in [5, 5.41) is 0. The predicted octanol–water partition coefficient (Wildman–Crippen LogP) is -2.21. The monoisotopic (exact) mass is 365 g/mol. The molecule has 0 unspecified atom stereocenters. The Morgan fingerprint density at radius 3 is 2.61 bits per heavy atom. The van der Waals surface area contributed by atoms with Gasteiger partial charge in [-0.2, -0.15) is 4.57 Å². The molecule has 1 saturated heterocycles. The number of aromatic nitrogens is 2. The number of ether oxygens (including phenoxy) is 1. The van der Waals surface area contributed by atoms with Crippen molar-refractivity contribution in [3.8, 4) is 0 Å². The molecule has 0 spiro atoms. The first kappa shape index (κ1) is 15.4. The van der Waals surface area contributed by atoms with Gasteiger partial charge in [-0.25, -0.2) is 9.36 Å². The van der Waals surface area contributed by atoms with Gasteiger partial charge in [-0.3, -0.25) is 0 Å². The number of hydrogen-bond donors (Lipinski definition) is 0. The van der Waals surface area contributed by atoms with Gasteiger partial charge in [0.05, 0.1) is 13.2 Å². The van der Waals surface area contributed by atoms with Crippen molar-refractivity contribution >= 4 is 6.03 Å². The van der Waals surface area contributed by atoms with E-state index in [1.54, 1.807) is 17.1 Å². The number of aryl methyl sites for hydroxylation is 1. The van der Waals surface area contributed by atoms with E-state index in [9.17, 15) is 4.79 Å². The van der Waals surface area contributed by atoms with E-state index in [1.165, 1.54) is 0 Å². The molecule has 2 rings (SSSR count). The van der Waals surface area contributed by atoms with Crippen LogP contribution < -0.4 is 28.5 Å². The number of hydrogen-bond acceptors (Lipinski definition) is 2. The summed E-state index contributed by atoms with van der Waals surface area (Å²) in [4.78, 5) is 14.0. The summed E-state index contributed by atoms with van der Waals surface area (Å²) in [6, 6.07) is 0.0561. The summed E-state index contributed by atoms with van der Waals surface area (Å²) < 4.78 is 9.06. The third kappa shape index (κ3) is 3.68. The van der Waals surface area contributed by atoms with E-state index in [-0.39, 0.29) is 30.0 Å². The fourth-order valence-electron chi connectivity index (χ4n) is 2.18. The minimum absolute atomic E-state index is 0. The Labute approximate surface area is 125 Å². The van der Waals surface area contributed by atoms with Crippen molar-refractivity contribution in [1.82, 2.24) is 9.47 Å². The maximum absolute atomic E-state index is 12.1. The summed E-state index contributed by atoms with van der Waals surface area (Å²) in [6.45, 7) is 4.33. The SMILES string of the molecule is CCOC1CCN(C(=O)n2cc[n+](C)c2)CC1.[I-]. The normalized spacial score (nSPS) is 16.4. The number of piperidine rings is 1. The maximum atomic E-state index is 12.1. The van der Waals surface area contributed by atoms with Gasteiger partial charge in [0.15, 0.2) is 0 Å². The van der Waals surface area contributed by atoms with Crippen LogP contribution in [0.5, 0.6) is 0 Å². The lowest BCUT2D eigenvalue weighted by atomic mass is 10.1. The maximum Gasteiger partial charge on any atom is 0.415 e. The van der Waals surface area contributed by atoms with Crippen molar-refractivity contribution in [3.05, 3.63) is 18.7 Å². The Balaban J connectivity index is 0.00000162. The minimum atomic E-state index is 0. The smallest absolute Gasteiger partial charge is 0.415 e. The van der Waals surface area contributed by atoms with Crippen molar-refractivity contribution in [2.45, 2.75) is 25.9 Å². The highest BCUT2D eigenvalue weighted by Gasteiger charge is 2.26. The molecule has 0 aromatic carbocycles.